The molecule has 0 rings (SSSR count). The van der Waals surface area contributed by atoms with E-state index in [0.29, 0.717) is 13.2 Å². The van der Waals surface area contributed by atoms with Gasteiger partial charge in [-0.2, -0.15) is 0 Å². The predicted octanol–water partition coefficient (Wildman–Crippen LogP) is 2.66. The highest BCUT2D eigenvalue weighted by Gasteiger charge is 2.01. The SMILES string of the molecule is CCOC(Cl)=C(Cl)OCC. The lowest BCUT2D eigenvalue weighted by molar-refractivity contribution is 0.201. The molecule has 0 aromatic carbocycles. The summed E-state index contributed by atoms with van der Waals surface area (Å²) in [5, 5.41) is 0.233. The summed E-state index contributed by atoms with van der Waals surface area (Å²) in [6.07, 6.45) is 0. The molecule has 0 spiro atoms. The lowest BCUT2D eigenvalue weighted by atomic mass is 10.8. The number of rotatable bonds is 4. The van der Waals surface area contributed by atoms with Crippen LogP contribution in [0.1, 0.15) is 13.8 Å². The van der Waals surface area contributed by atoms with Crippen LogP contribution in [-0.2, 0) is 9.47 Å². The van der Waals surface area contributed by atoms with Crippen LogP contribution >= 0.6 is 23.2 Å². The van der Waals surface area contributed by atoms with E-state index in [1.165, 1.54) is 0 Å². The highest BCUT2D eigenvalue weighted by molar-refractivity contribution is 6.37. The van der Waals surface area contributed by atoms with Crippen molar-refractivity contribution in [2.75, 3.05) is 13.2 Å². The lowest BCUT2D eigenvalue weighted by Gasteiger charge is -2.03. The Morgan fingerprint density at radius 2 is 1.30 bits per heavy atom. The molecule has 0 saturated carbocycles. The molecule has 10 heavy (non-hydrogen) atoms. The second-order valence-corrected chi connectivity index (χ2v) is 2.10. The first-order valence-corrected chi connectivity index (χ1v) is 3.78. The van der Waals surface area contributed by atoms with Gasteiger partial charge in [-0.25, -0.2) is 0 Å². The number of hydrogen-bond donors (Lipinski definition) is 0. The number of ether oxygens (including phenoxy) is 2. The molecule has 60 valence electrons. The van der Waals surface area contributed by atoms with Crippen LogP contribution in [0, 0.1) is 0 Å². The van der Waals surface area contributed by atoms with E-state index in [1.807, 2.05) is 13.8 Å². The predicted molar refractivity (Wildman–Crippen MR) is 42.0 cm³/mol. The quantitative estimate of drug-likeness (QED) is 0.626. The average molecular weight is 185 g/mol. The van der Waals surface area contributed by atoms with E-state index < -0.39 is 0 Å². The van der Waals surface area contributed by atoms with Crippen molar-refractivity contribution in [1.82, 2.24) is 0 Å². The Morgan fingerprint density at radius 3 is 1.50 bits per heavy atom. The molecule has 4 heteroatoms. The van der Waals surface area contributed by atoms with Crippen LogP contribution in [0.3, 0.4) is 0 Å². The molecular weight excluding hydrogens is 175 g/mol. The average Bonchev–Trinajstić information content (AvgIpc) is 1.89. The molecule has 2 nitrogen and oxygen atoms in total. The van der Waals surface area contributed by atoms with Gasteiger partial charge in [-0.1, -0.05) is 0 Å². The monoisotopic (exact) mass is 184 g/mol. The lowest BCUT2D eigenvalue weighted by Crippen LogP contribution is -1.91. The summed E-state index contributed by atoms with van der Waals surface area (Å²) in [5.41, 5.74) is 0. The Labute approximate surface area is 70.7 Å². The van der Waals surface area contributed by atoms with Crippen LogP contribution in [0.25, 0.3) is 0 Å². The largest absolute Gasteiger partial charge is 0.480 e. The summed E-state index contributed by atoms with van der Waals surface area (Å²) < 4.78 is 9.69. The van der Waals surface area contributed by atoms with Crippen molar-refractivity contribution < 1.29 is 9.47 Å². The van der Waals surface area contributed by atoms with Gasteiger partial charge in [0, 0.05) is 0 Å². The van der Waals surface area contributed by atoms with E-state index >= 15 is 0 Å². The molecule has 0 bridgehead atoms. The van der Waals surface area contributed by atoms with Crippen LogP contribution in [0.15, 0.2) is 10.4 Å². The standard InChI is InChI=1S/C6H10Cl2O2/c1-3-9-5(7)6(8)10-4-2/h3-4H2,1-2H3. The Morgan fingerprint density at radius 1 is 1.00 bits per heavy atom. The van der Waals surface area contributed by atoms with E-state index in [4.69, 9.17) is 32.7 Å². The van der Waals surface area contributed by atoms with Crippen molar-refractivity contribution in [2.24, 2.45) is 0 Å². The van der Waals surface area contributed by atoms with E-state index in [9.17, 15) is 0 Å². The molecule has 0 aliphatic rings. The highest BCUT2D eigenvalue weighted by atomic mass is 35.5. The fourth-order valence-electron chi connectivity index (χ4n) is 0.367. The van der Waals surface area contributed by atoms with Gasteiger partial charge in [0.1, 0.15) is 0 Å². The first kappa shape index (κ1) is 9.92. The summed E-state index contributed by atoms with van der Waals surface area (Å²) in [4.78, 5) is 0. The normalized spacial score (nSPS) is 12.4. The van der Waals surface area contributed by atoms with Crippen LogP contribution < -0.4 is 0 Å². The second kappa shape index (κ2) is 5.69. The van der Waals surface area contributed by atoms with Crippen LogP contribution in [-0.4, -0.2) is 13.2 Å². The van der Waals surface area contributed by atoms with Crippen LogP contribution in [0.5, 0.6) is 0 Å². The first-order valence-electron chi connectivity index (χ1n) is 3.03. The topological polar surface area (TPSA) is 18.5 Å². The zero-order chi connectivity index (χ0) is 7.98. The summed E-state index contributed by atoms with van der Waals surface area (Å²) >= 11 is 11.0. The van der Waals surface area contributed by atoms with Gasteiger partial charge in [0.2, 0.25) is 10.4 Å². The minimum Gasteiger partial charge on any atom is -0.480 e. The third-order valence-electron chi connectivity index (χ3n) is 0.697. The fourth-order valence-corrected chi connectivity index (χ4v) is 0.694. The molecule has 0 aromatic rings. The zero-order valence-corrected chi connectivity index (χ0v) is 7.50. The Hall–Kier alpha value is -0.0800. The first-order chi connectivity index (χ1) is 4.72. The summed E-state index contributed by atoms with van der Waals surface area (Å²) in [7, 11) is 0. The summed E-state index contributed by atoms with van der Waals surface area (Å²) in [5.74, 6) is 0. The Bertz CT molecular complexity index is 109. The minimum atomic E-state index is 0.117. The molecule has 0 unspecified atom stereocenters. The van der Waals surface area contributed by atoms with Gasteiger partial charge in [-0.3, -0.25) is 0 Å². The van der Waals surface area contributed by atoms with Crippen molar-refractivity contribution in [1.29, 1.82) is 0 Å². The van der Waals surface area contributed by atoms with Crippen LogP contribution in [0.2, 0.25) is 0 Å². The van der Waals surface area contributed by atoms with E-state index in [1.54, 1.807) is 0 Å². The van der Waals surface area contributed by atoms with Gasteiger partial charge < -0.3 is 9.47 Å². The van der Waals surface area contributed by atoms with Crippen molar-refractivity contribution in [3.8, 4) is 0 Å². The molecule has 0 radical (unpaired) electrons. The summed E-state index contributed by atoms with van der Waals surface area (Å²) in [6, 6.07) is 0. The molecule has 0 amide bonds. The van der Waals surface area contributed by atoms with Gasteiger partial charge in [-0.15, -0.1) is 0 Å². The smallest absolute Gasteiger partial charge is 0.242 e. The molecule has 0 heterocycles. The Kier molecular flexibility index (Phi) is 5.64. The van der Waals surface area contributed by atoms with Gasteiger partial charge in [0.25, 0.3) is 0 Å². The molecule has 0 fully saturated rings. The number of halogens is 2. The molecule has 0 atom stereocenters. The number of hydrogen-bond acceptors (Lipinski definition) is 2. The molecule has 0 aliphatic heterocycles. The molecule has 0 saturated heterocycles. The van der Waals surface area contributed by atoms with E-state index in [2.05, 4.69) is 0 Å². The molecule has 0 N–H and O–H groups in total. The van der Waals surface area contributed by atoms with Crippen LogP contribution in [0.4, 0.5) is 0 Å². The van der Waals surface area contributed by atoms with Crippen molar-refractivity contribution >= 4 is 23.2 Å². The maximum absolute atomic E-state index is 5.51. The zero-order valence-electron chi connectivity index (χ0n) is 5.99. The van der Waals surface area contributed by atoms with Gasteiger partial charge in [-0.05, 0) is 37.0 Å². The summed E-state index contributed by atoms with van der Waals surface area (Å²) in [6.45, 7) is 4.61. The Balaban J connectivity index is 3.79. The second-order valence-electron chi connectivity index (χ2n) is 1.41. The van der Waals surface area contributed by atoms with Gasteiger partial charge in [0.15, 0.2) is 0 Å². The third-order valence-corrected chi connectivity index (χ3v) is 1.35. The van der Waals surface area contributed by atoms with Gasteiger partial charge in [0.05, 0.1) is 13.2 Å². The van der Waals surface area contributed by atoms with E-state index in [-0.39, 0.29) is 10.4 Å². The van der Waals surface area contributed by atoms with E-state index in [0.717, 1.165) is 0 Å². The van der Waals surface area contributed by atoms with Gasteiger partial charge >= 0.3 is 0 Å². The fraction of sp³-hybridized carbons (Fsp3) is 0.667. The minimum absolute atomic E-state index is 0.117. The molecular formula is C6H10Cl2O2. The maximum Gasteiger partial charge on any atom is 0.242 e. The maximum atomic E-state index is 5.51. The van der Waals surface area contributed by atoms with Crippen molar-refractivity contribution in [3.05, 3.63) is 10.4 Å². The molecule has 0 aromatic heterocycles. The highest BCUT2D eigenvalue weighted by Crippen LogP contribution is 2.15. The van der Waals surface area contributed by atoms with Crippen molar-refractivity contribution in [2.45, 2.75) is 13.8 Å². The third kappa shape index (κ3) is 3.85. The molecule has 0 aliphatic carbocycles. The van der Waals surface area contributed by atoms with Crippen molar-refractivity contribution in [3.63, 3.8) is 0 Å².